The summed E-state index contributed by atoms with van der Waals surface area (Å²) in [5, 5.41) is 3.43. The van der Waals surface area contributed by atoms with Gasteiger partial charge in [-0.15, -0.1) is 12.4 Å². The topological polar surface area (TPSA) is 75.4 Å². The molecule has 140 valence electrons. The van der Waals surface area contributed by atoms with E-state index in [1.54, 1.807) is 24.3 Å². The van der Waals surface area contributed by atoms with Gasteiger partial charge in [0.25, 0.3) is 5.91 Å². The molecule has 0 aromatic heterocycles. The summed E-state index contributed by atoms with van der Waals surface area (Å²) in [4.78, 5) is 26.2. The highest BCUT2D eigenvalue weighted by Crippen LogP contribution is 2.28. The molecule has 2 amide bonds. The maximum atomic E-state index is 12.3. The number of nitrogens with one attached hydrogen (secondary N) is 1. The minimum Gasteiger partial charge on any atom is -0.352 e. The quantitative estimate of drug-likeness (QED) is 0.762. The monoisotopic (exact) mass is 387 g/mol. The summed E-state index contributed by atoms with van der Waals surface area (Å²) < 4.78 is 0. The van der Waals surface area contributed by atoms with Crippen molar-refractivity contribution in [2.24, 2.45) is 11.1 Å². The van der Waals surface area contributed by atoms with Crippen molar-refractivity contribution in [3.63, 3.8) is 0 Å². The first-order valence-corrected chi connectivity index (χ1v) is 8.74. The summed E-state index contributed by atoms with van der Waals surface area (Å²) in [7, 11) is 0. The van der Waals surface area contributed by atoms with Gasteiger partial charge in [-0.3, -0.25) is 9.59 Å². The molecule has 0 aliphatic carbocycles. The highest BCUT2D eigenvalue weighted by Gasteiger charge is 2.34. The molecule has 25 heavy (non-hydrogen) atoms. The molecule has 1 fully saturated rings. The fourth-order valence-electron chi connectivity index (χ4n) is 2.89. The SMILES string of the molecule is CC1(C)CN(C(=O)CCCNC(=O)c2ccc(Cl)cc2)CCC1N.Cl. The molecular weight excluding hydrogens is 361 g/mol. The number of hydrogen-bond acceptors (Lipinski definition) is 3. The molecule has 1 atom stereocenters. The molecule has 1 aromatic carbocycles. The van der Waals surface area contributed by atoms with Gasteiger partial charge in [0.15, 0.2) is 0 Å². The average Bonchev–Trinajstić information content (AvgIpc) is 2.54. The molecule has 0 spiro atoms. The number of likely N-dealkylation sites (tertiary alicyclic amines) is 1. The van der Waals surface area contributed by atoms with Crippen molar-refractivity contribution in [1.82, 2.24) is 10.2 Å². The first-order valence-electron chi connectivity index (χ1n) is 8.37. The zero-order chi connectivity index (χ0) is 17.7. The minimum absolute atomic E-state index is 0. The number of piperidine rings is 1. The van der Waals surface area contributed by atoms with Crippen LogP contribution in [0.25, 0.3) is 0 Å². The number of benzene rings is 1. The van der Waals surface area contributed by atoms with E-state index in [1.807, 2.05) is 4.90 Å². The van der Waals surface area contributed by atoms with Crippen molar-refractivity contribution in [3.05, 3.63) is 34.9 Å². The lowest BCUT2D eigenvalue weighted by Crippen LogP contribution is -2.54. The van der Waals surface area contributed by atoms with E-state index in [0.717, 1.165) is 13.0 Å². The zero-order valence-electron chi connectivity index (χ0n) is 14.8. The number of hydrogen-bond donors (Lipinski definition) is 2. The smallest absolute Gasteiger partial charge is 0.251 e. The third-order valence-corrected chi connectivity index (χ3v) is 4.88. The summed E-state index contributed by atoms with van der Waals surface area (Å²) >= 11 is 5.80. The Morgan fingerprint density at radius 2 is 1.96 bits per heavy atom. The lowest BCUT2D eigenvalue weighted by atomic mass is 9.79. The lowest BCUT2D eigenvalue weighted by molar-refractivity contribution is -0.134. The van der Waals surface area contributed by atoms with Crippen LogP contribution in [0.1, 0.15) is 43.5 Å². The van der Waals surface area contributed by atoms with E-state index in [2.05, 4.69) is 19.2 Å². The number of carbonyl (C=O) groups is 2. The van der Waals surface area contributed by atoms with Gasteiger partial charge in [-0.1, -0.05) is 25.4 Å². The summed E-state index contributed by atoms with van der Waals surface area (Å²) in [6.45, 7) is 6.10. The summed E-state index contributed by atoms with van der Waals surface area (Å²) in [6, 6.07) is 6.87. The third-order valence-electron chi connectivity index (χ3n) is 4.62. The van der Waals surface area contributed by atoms with E-state index < -0.39 is 0 Å². The molecule has 5 nitrogen and oxygen atoms in total. The van der Waals surface area contributed by atoms with Gasteiger partial charge in [0.05, 0.1) is 0 Å². The number of carbonyl (C=O) groups excluding carboxylic acids is 2. The van der Waals surface area contributed by atoms with Crippen LogP contribution in [0.2, 0.25) is 5.02 Å². The zero-order valence-corrected chi connectivity index (χ0v) is 16.3. The standard InChI is InChI=1S/C18H26ClN3O2.ClH/c1-18(2)12-22(11-9-15(18)20)16(23)4-3-10-21-17(24)13-5-7-14(19)8-6-13;/h5-8,15H,3-4,9-12,20H2,1-2H3,(H,21,24);1H. The highest BCUT2D eigenvalue weighted by molar-refractivity contribution is 6.30. The number of rotatable bonds is 5. The molecule has 1 aliphatic rings. The van der Waals surface area contributed by atoms with Crippen molar-refractivity contribution in [3.8, 4) is 0 Å². The molecule has 7 heteroatoms. The minimum atomic E-state index is -0.149. The number of amides is 2. The Hall–Kier alpha value is -1.30. The largest absolute Gasteiger partial charge is 0.352 e. The van der Waals surface area contributed by atoms with E-state index in [-0.39, 0.29) is 35.7 Å². The van der Waals surface area contributed by atoms with Crippen LogP contribution in [-0.4, -0.2) is 42.4 Å². The van der Waals surface area contributed by atoms with Gasteiger partial charge in [0.1, 0.15) is 0 Å². The van der Waals surface area contributed by atoms with Gasteiger partial charge in [-0.2, -0.15) is 0 Å². The Morgan fingerprint density at radius 3 is 2.56 bits per heavy atom. The van der Waals surface area contributed by atoms with E-state index in [1.165, 1.54) is 0 Å². The number of nitrogens with zero attached hydrogens (tertiary/aromatic N) is 1. The molecule has 1 heterocycles. The molecule has 3 N–H and O–H groups in total. The summed E-state index contributed by atoms with van der Waals surface area (Å²) in [5.41, 5.74) is 6.62. The van der Waals surface area contributed by atoms with Crippen LogP contribution in [0.15, 0.2) is 24.3 Å². The van der Waals surface area contributed by atoms with E-state index in [9.17, 15) is 9.59 Å². The fourth-order valence-corrected chi connectivity index (χ4v) is 3.02. The Labute approximate surface area is 160 Å². The van der Waals surface area contributed by atoms with Crippen molar-refractivity contribution < 1.29 is 9.59 Å². The maximum Gasteiger partial charge on any atom is 0.251 e. The van der Waals surface area contributed by atoms with Crippen LogP contribution in [0, 0.1) is 5.41 Å². The predicted molar refractivity (Wildman–Crippen MR) is 103 cm³/mol. The van der Waals surface area contributed by atoms with Crippen LogP contribution in [0.5, 0.6) is 0 Å². The first-order chi connectivity index (χ1) is 11.3. The third kappa shape index (κ3) is 6.17. The molecular formula is C18H27Cl2N3O2. The number of nitrogens with two attached hydrogens (primary N) is 1. The molecule has 0 bridgehead atoms. The Morgan fingerprint density at radius 1 is 1.32 bits per heavy atom. The maximum absolute atomic E-state index is 12.3. The van der Waals surface area contributed by atoms with Gasteiger partial charge < -0.3 is 16.0 Å². The van der Waals surface area contributed by atoms with Gasteiger partial charge in [0, 0.05) is 42.7 Å². The molecule has 0 radical (unpaired) electrons. The predicted octanol–water partition coefficient (Wildman–Crippen LogP) is 2.86. The van der Waals surface area contributed by atoms with E-state index >= 15 is 0 Å². The van der Waals surface area contributed by atoms with Crippen molar-refractivity contribution in [1.29, 1.82) is 0 Å². The van der Waals surface area contributed by atoms with E-state index in [0.29, 0.717) is 36.5 Å². The van der Waals surface area contributed by atoms with Crippen LogP contribution >= 0.6 is 24.0 Å². The van der Waals surface area contributed by atoms with Gasteiger partial charge >= 0.3 is 0 Å². The van der Waals surface area contributed by atoms with Crippen molar-refractivity contribution in [2.45, 2.75) is 39.2 Å². The Kier molecular flexibility index (Phi) is 8.19. The Bertz CT molecular complexity index is 590. The summed E-state index contributed by atoms with van der Waals surface area (Å²) in [6.07, 6.45) is 1.90. The molecule has 1 aromatic rings. The van der Waals surface area contributed by atoms with Crippen LogP contribution in [-0.2, 0) is 4.79 Å². The summed E-state index contributed by atoms with van der Waals surface area (Å²) in [5.74, 6) is -0.0140. The molecule has 2 rings (SSSR count). The molecule has 1 unspecified atom stereocenters. The van der Waals surface area contributed by atoms with Gasteiger partial charge in [-0.25, -0.2) is 0 Å². The molecule has 1 aliphatic heterocycles. The molecule has 1 saturated heterocycles. The average molecular weight is 388 g/mol. The van der Waals surface area contributed by atoms with Gasteiger partial charge in [-0.05, 0) is 42.5 Å². The highest BCUT2D eigenvalue weighted by atomic mass is 35.5. The van der Waals surface area contributed by atoms with Crippen molar-refractivity contribution >= 4 is 35.8 Å². The van der Waals surface area contributed by atoms with Crippen LogP contribution in [0.4, 0.5) is 0 Å². The fraction of sp³-hybridized carbons (Fsp3) is 0.556. The normalized spacial score (nSPS) is 19.0. The lowest BCUT2D eigenvalue weighted by Gasteiger charge is -2.42. The van der Waals surface area contributed by atoms with Gasteiger partial charge in [0.2, 0.25) is 5.91 Å². The number of halogens is 2. The van der Waals surface area contributed by atoms with Crippen molar-refractivity contribution in [2.75, 3.05) is 19.6 Å². The second kappa shape index (κ2) is 9.41. The Balaban J connectivity index is 0.00000312. The van der Waals surface area contributed by atoms with Crippen LogP contribution in [0.3, 0.4) is 0 Å². The second-order valence-electron chi connectivity index (χ2n) is 7.07. The second-order valence-corrected chi connectivity index (χ2v) is 7.50. The van der Waals surface area contributed by atoms with Crippen LogP contribution < -0.4 is 11.1 Å². The first kappa shape index (κ1) is 21.7. The molecule has 0 saturated carbocycles. The van der Waals surface area contributed by atoms with E-state index in [4.69, 9.17) is 17.3 Å².